The van der Waals surface area contributed by atoms with E-state index in [1.165, 1.54) is 0 Å². The summed E-state index contributed by atoms with van der Waals surface area (Å²) in [5.74, 6) is 0.0810. The third-order valence-corrected chi connectivity index (χ3v) is 3.74. The number of aromatic nitrogens is 1. The van der Waals surface area contributed by atoms with Gasteiger partial charge in [0.05, 0.1) is 8.95 Å². The summed E-state index contributed by atoms with van der Waals surface area (Å²) in [6.07, 6.45) is 3.75. The quantitative estimate of drug-likeness (QED) is 0.445. The second-order valence-corrected chi connectivity index (χ2v) is 6.52. The fourth-order valence-corrected chi connectivity index (χ4v) is 3.14. The molecule has 19 heavy (non-hydrogen) atoms. The summed E-state index contributed by atoms with van der Waals surface area (Å²) >= 11 is 10.2. The largest absolute Gasteiger partial charge is 1.00 e. The zero-order valence-corrected chi connectivity index (χ0v) is 16.0. The van der Waals surface area contributed by atoms with Crippen LogP contribution in [-0.2, 0) is 6.54 Å². The molecule has 0 amide bonds. The normalized spacial score (nSPS) is 9.84. The minimum absolute atomic E-state index is 0. The molecule has 0 unspecified atom stereocenters. The lowest BCUT2D eigenvalue weighted by Gasteiger charge is -2.00. The molecule has 0 atom stereocenters. The Labute approximate surface area is 147 Å². The van der Waals surface area contributed by atoms with Gasteiger partial charge in [0.1, 0.15) is 0 Å². The SMILES string of the molecule is O=C(C[n+]1cc(Br)cc(Br)c1)c1ccc(Br)cc1.[Br-]. The lowest BCUT2D eigenvalue weighted by atomic mass is 10.1. The van der Waals surface area contributed by atoms with Gasteiger partial charge in [-0.25, -0.2) is 0 Å². The average Bonchev–Trinajstić information content (AvgIpc) is 2.28. The molecule has 0 aliphatic carbocycles. The lowest BCUT2D eigenvalue weighted by molar-refractivity contribution is -0.684. The first kappa shape index (κ1) is 17.0. The van der Waals surface area contributed by atoms with Crippen molar-refractivity contribution in [1.29, 1.82) is 0 Å². The standard InChI is InChI=1S/C13H9Br3NO.BrH/c14-10-3-1-9(2-4-10)13(18)8-17-6-11(15)5-12(16)7-17;/h1-7H,8H2;1H/q+1;/p-1. The molecule has 0 saturated carbocycles. The highest BCUT2D eigenvalue weighted by Gasteiger charge is 2.13. The van der Waals surface area contributed by atoms with E-state index in [1.807, 2.05) is 47.3 Å². The van der Waals surface area contributed by atoms with E-state index in [-0.39, 0.29) is 22.8 Å². The smallest absolute Gasteiger partial charge is 0.227 e. The van der Waals surface area contributed by atoms with Crippen LogP contribution in [0, 0.1) is 0 Å². The second kappa shape index (κ2) is 7.67. The minimum Gasteiger partial charge on any atom is -1.00 e. The molecule has 0 bridgehead atoms. The molecule has 0 saturated heterocycles. The summed E-state index contributed by atoms with van der Waals surface area (Å²) in [7, 11) is 0. The maximum absolute atomic E-state index is 12.1. The van der Waals surface area contributed by atoms with Gasteiger partial charge < -0.3 is 17.0 Å². The molecule has 0 radical (unpaired) electrons. The van der Waals surface area contributed by atoms with Crippen LogP contribution in [0.2, 0.25) is 0 Å². The number of pyridine rings is 1. The van der Waals surface area contributed by atoms with Crippen molar-refractivity contribution in [2.75, 3.05) is 0 Å². The van der Waals surface area contributed by atoms with Crippen molar-refractivity contribution in [3.05, 3.63) is 61.7 Å². The van der Waals surface area contributed by atoms with Crippen molar-refractivity contribution in [3.63, 3.8) is 0 Å². The predicted octanol–water partition coefficient (Wildman–Crippen LogP) is 1.15. The lowest BCUT2D eigenvalue weighted by Crippen LogP contribution is -3.00. The van der Waals surface area contributed by atoms with Crippen LogP contribution >= 0.6 is 47.8 Å². The van der Waals surface area contributed by atoms with Gasteiger partial charge in [0.15, 0.2) is 12.4 Å². The van der Waals surface area contributed by atoms with Gasteiger partial charge in [-0.05, 0) is 50.1 Å². The molecule has 2 nitrogen and oxygen atoms in total. The van der Waals surface area contributed by atoms with Crippen LogP contribution in [0.5, 0.6) is 0 Å². The van der Waals surface area contributed by atoms with Crippen LogP contribution in [0.3, 0.4) is 0 Å². The third-order valence-electron chi connectivity index (χ3n) is 2.35. The van der Waals surface area contributed by atoms with Gasteiger partial charge in [-0.15, -0.1) is 0 Å². The van der Waals surface area contributed by atoms with Crippen LogP contribution in [0.15, 0.2) is 56.1 Å². The highest BCUT2D eigenvalue weighted by Crippen LogP contribution is 2.14. The Hall–Kier alpha value is -0.0400. The summed E-state index contributed by atoms with van der Waals surface area (Å²) in [5.41, 5.74) is 0.710. The van der Waals surface area contributed by atoms with Crippen molar-refractivity contribution in [2.45, 2.75) is 6.54 Å². The molecule has 0 N–H and O–H groups in total. The van der Waals surface area contributed by atoms with Gasteiger partial charge >= 0.3 is 0 Å². The molecule has 1 aromatic heterocycles. The van der Waals surface area contributed by atoms with Crippen LogP contribution in [0.25, 0.3) is 0 Å². The molecular weight excluding hydrogens is 506 g/mol. The Morgan fingerprint density at radius 1 is 0.947 bits per heavy atom. The fourth-order valence-electron chi connectivity index (χ4n) is 1.54. The number of benzene rings is 1. The molecule has 0 aliphatic heterocycles. The minimum atomic E-state index is 0. The fraction of sp³-hybridized carbons (Fsp3) is 0.0769. The van der Waals surface area contributed by atoms with Gasteiger partial charge in [-0.3, -0.25) is 4.79 Å². The summed E-state index contributed by atoms with van der Waals surface area (Å²) in [6, 6.07) is 9.31. The van der Waals surface area contributed by atoms with Gasteiger partial charge in [0.25, 0.3) is 0 Å². The highest BCUT2D eigenvalue weighted by molar-refractivity contribution is 9.11. The maximum atomic E-state index is 12.1. The number of halogens is 4. The van der Waals surface area contributed by atoms with Crippen molar-refractivity contribution in [3.8, 4) is 0 Å². The topological polar surface area (TPSA) is 20.9 Å². The van der Waals surface area contributed by atoms with E-state index in [0.29, 0.717) is 12.1 Å². The van der Waals surface area contributed by atoms with Crippen LogP contribution < -0.4 is 21.5 Å². The first-order valence-corrected chi connectivity index (χ1v) is 7.56. The van der Waals surface area contributed by atoms with Crippen LogP contribution in [0.1, 0.15) is 10.4 Å². The average molecular weight is 515 g/mol. The summed E-state index contributed by atoms with van der Waals surface area (Å²) in [5, 5.41) is 0. The number of ketones is 1. The van der Waals surface area contributed by atoms with Gasteiger partial charge in [0, 0.05) is 10.0 Å². The van der Waals surface area contributed by atoms with E-state index >= 15 is 0 Å². The maximum Gasteiger partial charge on any atom is 0.227 e. The van der Waals surface area contributed by atoms with E-state index < -0.39 is 0 Å². The van der Waals surface area contributed by atoms with Gasteiger partial charge in [-0.1, -0.05) is 28.1 Å². The Kier molecular flexibility index (Phi) is 6.86. The van der Waals surface area contributed by atoms with E-state index in [9.17, 15) is 4.79 Å². The zero-order valence-electron chi connectivity index (χ0n) is 9.62. The van der Waals surface area contributed by atoms with Gasteiger partial charge in [0.2, 0.25) is 12.3 Å². The Bertz CT molecular complexity index is 563. The van der Waals surface area contributed by atoms with Crippen molar-refractivity contribution < 1.29 is 26.3 Å². The number of carbonyl (C=O) groups excluding carboxylic acids is 1. The molecule has 100 valence electrons. The first-order valence-electron chi connectivity index (χ1n) is 5.18. The summed E-state index contributed by atoms with van der Waals surface area (Å²) < 4.78 is 4.68. The number of hydrogen-bond donors (Lipinski definition) is 0. The highest BCUT2D eigenvalue weighted by atomic mass is 79.9. The van der Waals surface area contributed by atoms with Crippen LogP contribution in [0.4, 0.5) is 0 Å². The number of nitrogens with zero attached hydrogens (tertiary/aromatic N) is 1. The van der Waals surface area contributed by atoms with Crippen molar-refractivity contribution >= 4 is 53.6 Å². The van der Waals surface area contributed by atoms with E-state index in [4.69, 9.17) is 0 Å². The van der Waals surface area contributed by atoms with E-state index in [0.717, 1.165) is 13.4 Å². The first-order chi connectivity index (χ1) is 8.54. The molecule has 0 aliphatic rings. The molecule has 0 fully saturated rings. The number of Topliss-reactive ketones (excluding diaryl/α,β-unsaturated/α-hetero) is 1. The summed E-state index contributed by atoms with van der Waals surface area (Å²) in [4.78, 5) is 12.1. The Balaban J connectivity index is 0.00000180. The molecule has 2 aromatic rings. The zero-order chi connectivity index (χ0) is 13.1. The van der Waals surface area contributed by atoms with Crippen LogP contribution in [-0.4, -0.2) is 5.78 Å². The third kappa shape index (κ3) is 5.10. The molecule has 0 spiro atoms. The number of rotatable bonds is 3. The second-order valence-electron chi connectivity index (χ2n) is 3.77. The molecule has 2 rings (SSSR count). The van der Waals surface area contributed by atoms with Crippen molar-refractivity contribution in [2.24, 2.45) is 0 Å². The van der Waals surface area contributed by atoms with E-state index in [2.05, 4.69) is 47.8 Å². The Morgan fingerprint density at radius 2 is 1.47 bits per heavy atom. The summed E-state index contributed by atoms with van der Waals surface area (Å²) in [6.45, 7) is 0.319. The Morgan fingerprint density at radius 3 is 2.00 bits per heavy atom. The molecule has 1 heterocycles. The number of carbonyl (C=O) groups is 1. The predicted molar refractivity (Wildman–Crippen MR) is 80.5 cm³/mol. The van der Waals surface area contributed by atoms with E-state index in [1.54, 1.807) is 0 Å². The molecular formula is C13H9Br4NO. The molecule has 1 aromatic carbocycles. The molecule has 6 heteroatoms. The number of hydrogen-bond acceptors (Lipinski definition) is 1. The monoisotopic (exact) mass is 511 g/mol. The van der Waals surface area contributed by atoms with Gasteiger partial charge in [-0.2, -0.15) is 4.57 Å². The van der Waals surface area contributed by atoms with Crippen molar-refractivity contribution in [1.82, 2.24) is 0 Å².